The summed E-state index contributed by atoms with van der Waals surface area (Å²) >= 11 is 0. The lowest BCUT2D eigenvalue weighted by atomic mass is 9.51. The van der Waals surface area contributed by atoms with E-state index >= 15 is 0 Å². The van der Waals surface area contributed by atoms with Crippen molar-refractivity contribution in [3.8, 4) is 0 Å². The van der Waals surface area contributed by atoms with Gasteiger partial charge in [-0.3, -0.25) is 9.59 Å². The molecule has 0 rings (SSSR count). The zero-order chi connectivity index (χ0) is 14.2. The van der Waals surface area contributed by atoms with Gasteiger partial charge in [0.05, 0.1) is 0 Å². The Balaban J connectivity index is 6.15. The highest BCUT2D eigenvalue weighted by Gasteiger charge is 2.62. The maximum atomic E-state index is 11.7. The fourth-order valence-corrected chi connectivity index (χ4v) is 3.02. The van der Waals surface area contributed by atoms with E-state index in [1.165, 1.54) is 0 Å². The third-order valence-electron chi connectivity index (χ3n) is 3.44. The Hall–Kier alpha value is -1.10. The van der Waals surface area contributed by atoms with Crippen LogP contribution in [-0.4, -0.2) is 28.2 Å². The summed E-state index contributed by atoms with van der Waals surface area (Å²) in [7, 11) is 0. The summed E-state index contributed by atoms with van der Waals surface area (Å²) in [5.74, 6) is -2.47. The SMILES string of the molecule is CC(C)(C)C(C(=O)O)(C(N)C(=O)O)C(C)(C)C. The molecule has 0 radical (unpaired) electrons. The molecule has 0 amide bonds. The third kappa shape index (κ3) is 2.29. The Labute approximate surface area is 102 Å². The molecular weight excluding hydrogens is 222 g/mol. The van der Waals surface area contributed by atoms with E-state index in [1.54, 1.807) is 41.5 Å². The van der Waals surface area contributed by atoms with E-state index in [2.05, 4.69) is 0 Å². The molecular formula is C12H23NO4. The van der Waals surface area contributed by atoms with Gasteiger partial charge in [0.2, 0.25) is 0 Å². The van der Waals surface area contributed by atoms with Crippen LogP contribution in [0.25, 0.3) is 0 Å². The normalized spacial score (nSPS) is 15.5. The number of hydrogen-bond donors (Lipinski definition) is 3. The largest absolute Gasteiger partial charge is 0.481 e. The molecule has 0 fully saturated rings. The van der Waals surface area contributed by atoms with Crippen molar-refractivity contribution in [3.63, 3.8) is 0 Å². The first-order chi connectivity index (χ1) is 7.30. The maximum absolute atomic E-state index is 11.7. The van der Waals surface area contributed by atoms with E-state index in [0.29, 0.717) is 0 Å². The van der Waals surface area contributed by atoms with Gasteiger partial charge in [0.1, 0.15) is 11.5 Å². The standard InChI is InChI=1S/C12H23NO4/c1-10(2,3)12(9(16)17,11(4,5)6)7(13)8(14)15/h7H,13H2,1-6H3,(H,14,15)(H,16,17). The van der Waals surface area contributed by atoms with Crippen molar-refractivity contribution in [1.29, 1.82) is 0 Å². The van der Waals surface area contributed by atoms with Gasteiger partial charge in [-0.15, -0.1) is 0 Å². The molecule has 0 spiro atoms. The van der Waals surface area contributed by atoms with Crippen molar-refractivity contribution in [1.82, 2.24) is 0 Å². The zero-order valence-electron chi connectivity index (χ0n) is 11.4. The fourth-order valence-electron chi connectivity index (χ4n) is 3.02. The van der Waals surface area contributed by atoms with E-state index in [-0.39, 0.29) is 0 Å². The average Bonchev–Trinajstić information content (AvgIpc) is 1.97. The van der Waals surface area contributed by atoms with Gasteiger partial charge in [-0.2, -0.15) is 0 Å². The Morgan fingerprint density at radius 2 is 1.24 bits per heavy atom. The van der Waals surface area contributed by atoms with E-state index in [9.17, 15) is 14.7 Å². The van der Waals surface area contributed by atoms with Gasteiger partial charge >= 0.3 is 11.9 Å². The van der Waals surface area contributed by atoms with Crippen LogP contribution in [0.15, 0.2) is 0 Å². The highest BCUT2D eigenvalue weighted by Crippen LogP contribution is 2.53. The molecule has 100 valence electrons. The van der Waals surface area contributed by atoms with E-state index < -0.39 is 34.2 Å². The first-order valence-corrected chi connectivity index (χ1v) is 5.52. The molecule has 0 aromatic heterocycles. The molecule has 1 atom stereocenters. The summed E-state index contributed by atoms with van der Waals surface area (Å²) in [6.45, 7) is 10.2. The highest BCUT2D eigenvalue weighted by atomic mass is 16.4. The molecule has 0 saturated carbocycles. The second-order valence-electron chi connectivity index (χ2n) is 6.43. The van der Waals surface area contributed by atoms with Gasteiger partial charge in [0, 0.05) is 0 Å². The Morgan fingerprint density at radius 3 is 1.29 bits per heavy atom. The first kappa shape index (κ1) is 15.9. The van der Waals surface area contributed by atoms with Gasteiger partial charge < -0.3 is 15.9 Å². The summed E-state index contributed by atoms with van der Waals surface area (Å²) < 4.78 is 0. The Kier molecular flexibility index (Phi) is 4.01. The van der Waals surface area contributed by atoms with Crippen LogP contribution in [0.1, 0.15) is 41.5 Å². The van der Waals surface area contributed by atoms with E-state index in [1.807, 2.05) is 0 Å². The van der Waals surface area contributed by atoms with Crippen LogP contribution in [0, 0.1) is 16.2 Å². The molecule has 0 aromatic carbocycles. The number of carboxylic acids is 2. The number of carboxylic acid groups (broad SMARTS) is 2. The Morgan fingerprint density at radius 1 is 0.941 bits per heavy atom. The van der Waals surface area contributed by atoms with Crippen molar-refractivity contribution >= 4 is 11.9 Å². The van der Waals surface area contributed by atoms with Crippen LogP contribution < -0.4 is 5.73 Å². The van der Waals surface area contributed by atoms with Crippen LogP contribution in [-0.2, 0) is 9.59 Å². The van der Waals surface area contributed by atoms with E-state index in [4.69, 9.17) is 10.8 Å². The number of nitrogens with two attached hydrogens (primary N) is 1. The summed E-state index contributed by atoms with van der Waals surface area (Å²) in [4.78, 5) is 22.9. The van der Waals surface area contributed by atoms with Gasteiger partial charge in [-0.05, 0) is 10.8 Å². The van der Waals surface area contributed by atoms with Crippen molar-refractivity contribution in [3.05, 3.63) is 0 Å². The summed E-state index contributed by atoms with van der Waals surface area (Å²) in [5, 5.41) is 18.7. The lowest BCUT2D eigenvalue weighted by Gasteiger charge is -2.52. The van der Waals surface area contributed by atoms with E-state index in [0.717, 1.165) is 0 Å². The van der Waals surface area contributed by atoms with Crippen LogP contribution in [0.2, 0.25) is 0 Å². The van der Waals surface area contributed by atoms with Crippen molar-refractivity contribution in [2.75, 3.05) is 0 Å². The molecule has 0 bridgehead atoms. The van der Waals surface area contributed by atoms with Crippen molar-refractivity contribution < 1.29 is 19.8 Å². The van der Waals surface area contributed by atoms with Crippen LogP contribution in [0.4, 0.5) is 0 Å². The predicted octanol–water partition coefficient (Wildman–Crippen LogP) is 1.56. The molecule has 0 aliphatic heterocycles. The van der Waals surface area contributed by atoms with Crippen LogP contribution in [0.3, 0.4) is 0 Å². The minimum absolute atomic E-state index is 0.783. The number of hydrogen-bond acceptors (Lipinski definition) is 3. The number of rotatable bonds is 3. The van der Waals surface area contributed by atoms with Crippen molar-refractivity contribution in [2.45, 2.75) is 47.6 Å². The smallest absolute Gasteiger partial charge is 0.321 e. The second-order valence-corrected chi connectivity index (χ2v) is 6.43. The van der Waals surface area contributed by atoms with Crippen LogP contribution >= 0.6 is 0 Å². The molecule has 0 saturated heterocycles. The molecule has 0 aliphatic rings. The topological polar surface area (TPSA) is 101 Å². The van der Waals surface area contributed by atoms with Gasteiger partial charge in [0.25, 0.3) is 0 Å². The molecule has 0 heterocycles. The first-order valence-electron chi connectivity index (χ1n) is 5.52. The molecule has 5 heteroatoms. The lowest BCUT2D eigenvalue weighted by molar-refractivity contribution is -0.179. The van der Waals surface area contributed by atoms with Crippen molar-refractivity contribution in [2.24, 2.45) is 22.0 Å². The quantitative estimate of drug-likeness (QED) is 0.700. The fraction of sp³-hybridized carbons (Fsp3) is 0.833. The molecule has 17 heavy (non-hydrogen) atoms. The minimum atomic E-state index is -1.55. The maximum Gasteiger partial charge on any atom is 0.321 e. The average molecular weight is 245 g/mol. The predicted molar refractivity (Wildman–Crippen MR) is 64.6 cm³/mol. The third-order valence-corrected chi connectivity index (χ3v) is 3.44. The van der Waals surface area contributed by atoms with Gasteiger partial charge in [-0.25, -0.2) is 0 Å². The monoisotopic (exact) mass is 245 g/mol. The Bertz CT molecular complexity index is 308. The van der Waals surface area contributed by atoms with Gasteiger partial charge in [-0.1, -0.05) is 41.5 Å². The summed E-state index contributed by atoms with van der Waals surface area (Å²) in [5.41, 5.74) is 2.57. The summed E-state index contributed by atoms with van der Waals surface area (Å²) in [6, 6.07) is -1.46. The minimum Gasteiger partial charge on any atom is -0.481 e. The lowest BCUT2D eigenvalue weighted by Crippen LogP contribution is -2.64. The summed E-state index contributed by atoms with van der Waals surface area (Å²) in [6.07, 6.45) is 0. The molecule has 1 unspecified atom stereocenters. The zero-order valence-corrected chi connectivity index (χ0v) is 11.4. The molecule has 4 N–H and O–H groups in total. The molecule has 0 aromatic rings. The second kappa shape index (κ2) is 4.29. The molecule has 0 aliphatic carbocycles. The molecule has 5 nitrogen and oxygen atoms in total. The number of carbonyl (C=O) groups is 2. The van der Waals surface area contributed by atoms with Gasteiger partial charge in [0.15, 0.2) is 0 Å². The highest BCUT2D eigenvalue weighted by molar-refractivity contribution is 5.87. The number of aliphatic carboxylic acids is 2. The van der Waals surface area contributed by atoms with Crippen LogP contribution in [0.5, 0.6) is 0 Å².